The van der Waals surface area contributed by atoms with Gasteiger partial charge in [-0.3, -0.25) is 4.79 Å². The van der Waals surface area contributed by atoms with Gasteiger partial charge in [-0.15, -0.1) is 0 Å². The Morgan fingerprint density at radius 1 is 1.60 bits per heavy atom. The van der Waals surface area contributed by atoms with Crippen LogP contribution in [-0.2, 0) is 0 Å². The van der Waals surface area contributed by atoms with E-state index < -0.39 is 0 Å². The molecule has 0 saturated carbocycles. The van der Waals surface area contributed by atoms with Crippen LogP contribution >= 0.6 is 11.8 Å². The molecule has 0 bridgehead atoms. The molecule has 1 aromatic rings. The number of ether oxygens (including phenoxy) is 1. The number of Topliss-reactive ketones (excluding diaryl/α,β-unsaturated/α-hetero) is 1. The van der Waals surface area contributed by atoms with Crippen LogP contribution in [0.1, 0.15) is 23.8 Å². The van der Waals surface area contributed by atoms with Crippen molar-refractivity contribution in [1.82, 2.24) is 4.98 Å². The van der Waals surface area contributed by atoms with Crippen LogP contribution in [0.15, 0.2) is 18.3 Å². The molecular formula is C11H15NO2S. The van der Waals surface area contributed by atoms with E-state index >= 15 is 0 Å². The Balaban J connectivity index is 2.64. The third kappa shape index (κ3) is 3.55. The van der Waals surface area contributed by atoms with E-state index in [1.54, 1.807) is 37.2 Å². The molecule has 0 N–H and O–H groups in total. The van der Waals surface area contributed by atoms with Gasteiger partial charge in [0, 0.05) is 6.20 Å². The van der Waals surface area contributed by atoms with Gasteiger partial charge in [0.05, 0.1) is 12.9 Å². The van der Waals surface area contributed by atoms with Crippen LogP contribution in [0.25, 0.3) is 0 Å². The van der Waals surface area contributed by atoms with Crippen LogP contribution in [0.2, 0.25) is 0 Å². The summed E-state index contributed by atoms with van der Waals surface area (Å²) in [5.74, 6) is 2.06. The second-order valence-electron chi connectivity index (χ2n) is 3.03. The highest BCUT2D eigenvalue weighted by Crippen LogP contribution is 2.17. The molecule has 4 heteroatoms. The Kier molecular flexibility index (Phi) is 5.18. The summed E-state index contributed by atoms with van der Waals surface area (Å²) in [7, 11) is 1.55. The Morgan fingerprint density at radius 3 is 3.07 bits per heavy atom. The van der Waals surface area contributed by atoms with Crippen molar-refractivity contribution < 1.29 is 9.53 Å². The minimum absolute atomic E-state index is 0.0332. The van der Waals surface area contributed by atoms with Crippen LogP contribution in [-0.4, -0.2) is 29.4 Å². The molecule has 0 aliphatic carbocycles. The topological polar surface area (TPSA) is 39.2 Å². The number of thioether (sulfide) groups is 1. The summed E-state index contributed by atoms with van der Waals surface area (Å²) < 4.78 is 5.08. The molecule has 1 rings (SSSR count). The summed E-state index contributed by atoms with van der Waals surface area (Å²) >= 11 is 1.63. The van der Waals surface area contributed by atoms with Gasteiger partial charge in [0.1, 0.15) is 11.4 Å². The number of rotatable bonds is 6. The number of carbonyl (C=O) groups excluding carboxylic acids is 1. The molecule has 0 aliphatic heterocycles. The maximum atomic E-state index is 11.7. The summed E-state index contributed by atoms with van der Waals surface area (Å²) in [5, 5.41) is 0. The molecule has 0 fully saturated rings. The van der Waals surface area contributed by atoms with E-state index in [1.807, 2.05) is 0 Å². The summed E-state index contributed by atoms with van der Waals surface area (Å²) in [6.45, 7) is 2.10. The first-order chi connectivity index (χ1) is 7.29. The quantitative estimate of drug-likeness (QED) is 0.550. The smallest absolute Gasteiger partial charge is 0.194 e. The number of carbonyl (C=O) groups is 1. The minimum atomic E-state index is 0.0332. The van der Waals surface area contributed by atoms with Gasteiger partial charge in [0.25, 0.3) is 0 Å². The van der Waals surface area contributed by atoms with Crippen molar-refractivity contribution in [2.75, 3.05) is 18.6 Å². The summed E-state index contributed by atoms with van der Waals surface area (Å²) in [6.07, 6.45) is 2.69. The Labute approximate surface area is 94.2 Å². The predicted molar refractivity (Wildman–Crippen MR) is 62.7 cm³/mol. The van der Waals surface area contributed by atoms with Crippen LogP contribution in [0.4, 0.5) is 0 Å². The standard InChI is InChI=1S/C11H15NO2S/c1-3-7-15-8-9(13)11-10(14-2)5-4-6-12-11/h4-6H,3,7-8H2,1-2H3. The van der Waals surface area contributed by atoms with E-state index in [4.69, 9.17) is 4.74 Å². The number of aromatic nitrogens is 1. The molecule has 1 heterocycles. The normalized spacial score (nSPS) is 10.0. The Bertz CT molecular complexity index is 328. The molecular weight excluding hydrogens is 210 g/mol. The Hall–Kier alpha value is -1.03. The van der Waals surface area contributed by atoms with Crippen molar-refractivity contribution in [3.05, 3.63) is 24.0 Å². The van der Waals surface area contributed by atoms with E-state index in [0.29, 0.717) is 17.2 Å². The van der Waals surface area contributed by atoms with Crippen LogP contribution in [0.3, 0.4) is 0 Å². The SMILES string of the molecule is CCCSCC(=O)c1ncccc1OC. The molecule has 0 spiro atoms. The van der Waals surface area contributed by atoms with Gasteiger partial charge in [-0.25, -0.2) is 4.98 Å². The highest BCUT2D eigenvalue weighted by atomic mass is 32.2. The number of hydrogen-bond acceptors (Lipinski definition) is 4. The number of ketones is 1. The van der Waals surface area contributed by atoms with E-state index in [-0.39, 0.29) is 5.78 Å². The fourth-order valence-corrected chi connectivity index (χ4v) is 1.90. The van der Waals surface area contributed by atoms with Crippen molar-refractivity contribution in [3.63, 3.8) is 0 Å². The minimum Gasteiger partial charge on any atom is -0.494 e. The third-order valence-corrected chi connectivity index (χ3v) is 3.00. The van der Waals surface area contributed by atoms with E-state index in [2.05, 4.69) is 11.9 Å². The number of nitrogens with zero attached hydrogens (tertiary/aromatic N) is 1. The maximum Gasteiger partial charge on any atom is 0.194 e. The van der Waals surface area contributed by atoms with Crippen LogP contribution < -0.4 is 4.74 Å². The van der Waals surface area contributed by atoms with Crippen molar-refractivity contribution in [1.29, 1.82) is 0 Å². The van der Waals surface area contributed by atoms with Crippen LogP contribution in [0, 0.1) is 0 Å². The molecule has 3 nitrogen and oxygen atoms in total. The van der Waals surface area contributed by atoms with E-state index in [9.17, 15) is 4.79 Å². The first-order valence-electron chi connectivity index (χ1n) is 4.89. The second kappa shape index (κ2) is 6.45. The fraction of sp³-hybridized carbons (Fsp3) is 0.455. The van der Waals surface area contributed by atoms with Gasteiger partial charge in [-0.05, 0) is 24.3 Å². The molecule has 15 heavy (non-hydrogen) atoms. The Morgan fingerprint density at radius 2 is 2.40 bits per heavy atom. The molecule has 82 valence electrons. The van der Waals surface area contributed by atoms with E-state index in [0.717, 1.165) is 12.2 Å². The van der Waals surface area contributed by atoms with Gasteiger partial charge < -0.3 is 4.74 Å². The number of pyridine rings is 1. The lowest BCUT2D eigenvalue weighted by atomic mass is 10.2. The molecule has 0 atom stereocenters. The van der Waals surface area contributed by atoms with Gasteiger partial charge in [0.2, 0.25) is 0 Å². The maximum absolute atomic E-state index is 11.7. The van der Waals surface area contributed by atoms with Gasteiger partial charge in [-0.1, -0.05) is 6.92 Å². The predicted octanol–water partition coefficient (Wildman–Crippen LogP) is 2.42. The highest BCUT2D eigenvalue weighted by Gasteiger charge is 2.12. The van der Waals surface area contributed by atoms with Crippen molar-refractivity contribution >= 4 is 17.5 Å². The highest BCUT2D eigenvalue weighted by molar-refractivity contribution is 7.99. The fourth-order valence-electron chi connectivity index (χ4n) is 1.14. The number of methoxy groups -OCH3 is 1. The zero-order valence-corrected chi connectivity index (χ0v) is 9.84. The summed E-state index contributed by atoms with van der Waals surface area (Å²) in [4.78, 5) is 15.8. The zero-order valence-electron chi connectivity index (χ0n) is 9.03. The summed E-state index contributed by atoms with van der Waals surface area (Å²) in [5.41, 5.74) is 0.434. The molecule has 0 radical (unpaired) electrons. The van der Waals surface area contributed by atoms with E-state index in [1.165, 1.54) is 0 Å². The zero-order chi connectivity index (χ0) is 11.1. The molecule has 0 saturated heterocycles. The summed E-state index contributed by atoms with van der Waals surface area (Å²) in [6, 6.07) is 3.51. The monoisotopic (exact) mass is 225 g/mol. The number of hydrogen-bond donors (Lipinski definition) is 0. The average Bonchev–Trinajstić information content (AvgIpc) is 2.29. The average molecular weight is 225 g/mol. The second-order valence-corrected chi connectivity index (χ2v) is 4.14. The van der Waals surface area contributed by atoms with Gasteiger partial charge in [-0.2, -0.15) is 11.8 Å². The van der Waals surface area contributed by atoms with Gasteiger partial charge in [0.15, 0.2) is 5.78 Å². The molecule has 0 aliphatic rings. The molecule has 1 aromatic heterocycles. The molecule has 0 amide bonds. The largest absolute Gasteiger partial charge is 0.494 e. The van der Waals surface area contributed by atoms with Crippen molar-refractivity contribution in [2.24, 2.45) is 0 Å². The van der Waals surface area contributed by atoms with Crippen molar-refractivity contribution in [3.8, 4) is 5.75 Å². The lowest BCUT2D eigenvalue weighted by Gasteiger charge is -2.05. The first kappa shape index (κ1) is 12.0. The lowest BCUT2D eigenvalue weighted by molar-refractivity contribution is 0.101. The lowest BCUT2D eigenvalue weighted by Crippen LogP contribution is -2.07. The molecule has 0 aromatic carbocycles. The first-order valence-corrected chi connectivity index (χ1v) is 6.05. The van der Waals surface area contributed by atoms with Gasteiger partial charge >= 0.3 is 0 Å². The van der Waals surface area contributed by atoms with Crippen molar-refractivity contribution in [2.45, 2.75) is 13.3 Å². The molecule has 0 unspecified atom stereocenters. The van der Waals surface area contributed by atoms with Crippen LogP contribution in [0.5, 0.6) is 5.75 Å². The third-order valence-electron chi connectivity index (χ3n) is 1.84.